The number of esters is 1. The van der Waals surface area contributed by atoms with Crippen LogP contribution in [0.2, 0.25) is 0 Å². The summed E-state index contributed by atoms with van der Waals surface area (Å²) in [5.41, 5.74) is 0. The van der Waals surface area contributed by atoms with E-state index in [-0.39, 0.29) is 12.0 Å². The molecule has 0 aromatic carbocycles. The first-order chi connectivity index (χ1) is 6.76. The smallest absolute Gasteiger partial charge is 0.322 e. The van der Waals surface area contributed by atoms with E-state index in [1.54, 1.807) is 7.05 Å². The normalized spacial score (nSPS) is 11.6. The molecule has 0 fully saturated rings. The number of carbonyl (C=O) groups excluding carboxylic acids is 2. The minimum atomic E-state index is -0.264. The molecule has 0 aliphatic carbocycles. The summed E-state index contributed by atoms with van der Waals surface area (Å²) in [7, 11) is 3.08. The molecule has 0 rings (SSSR count). The van der Waals surface area contributed by atoms with E-state index >= 15 is 0 Å². The van der Waals surface area contributed by atoms with Crippen molar-refractivity contribution in [3.63, 3.8) is 0 Å². The Morgan fingerprint density at radius 2 is 2.29 bits per heavy atom. The molecule has 5 nitrogen and oxygen atoms in total. The van der Waals surface area contributed by atoms with Crippen LogP contribution in [0.5, 0.6) is 0 Å². The van der Waals surface area contributed by atoms with Crippen molar-refractivity contribution in [2.75, 3.05) is 20.7 Å². The maximum atomic E-state index is 11.1. The van der Waals surface area contributed by atoms with E-state index in [0.29, 0.717) is 13.0 Å². The molecule has 0 amide bonds. The van der Waals surface area contributed by atoms with Crippen LogP contribution in [-0.2, 0) is 14.3 Å². The fourth-order valence-electron chi connectivity index (χ4n) is 1.11. The minimum Gasteiger partial charge on any atom is -0.468 e. The third-order valence-corrected chi connectivity index (χ3v) is 1.91. The number of isocyanates is 1. The Kier molecular flexibility index (Phi) is 7.70. The standard InChI is InChI=1S/C9H16N2O3/c1-10-8(9(13)14-2)5-3-4-6-11-7-12/h8,10H,3-6H2,1-2H3. The molecule has 0 heterocycles. The molecular weight excluding hydrogens is 184 g/mol. The van der Waals surface area contributed by atoms with E-state index in [4.69, 9.17) is 0 Å². The Labute approximate surface area is 83.5 Å². The zero-order valence-electron chi connectivity index (χ0n) is 8.58. The molecule has 0 aromatic heterocycles. The van der Waals surface area contributed by atoms with E-state index < -0.39 is 0 Å². The van der Waals surface area contributed by atoms with Gasteiger partial charge in [0.1, 0.15) is 6.04 Å². The number of unbranched alkanes of at least 4 members (excludes halogenated alkanes) is 1. The Bertz CT molecular complexity index is 212. The van der Waals surface area contributed by atoms with Gasteiger partial charge >= 0.3 is 5.97 Å². The molecule has 1 N–H and O–H groups in total. The summed E-state index contributed by atoms with van der Waals surface area (Å²) in [6.45, 7) is 0.473. The van der Waals surface area contributed by atoms with E-state index in [1.165, 1.54) is 13.2 Å². The maximum absolute atomic E-state index is 11.1. The van der Waals surface area contributed by atoms with Crippen LogP contribution in [0.4, 0.5) is 0 Å². The fourth-order valence-corrected chi connectivity index (χ4v) is 1.11. The summed E-state index contributed by atoms with van der Waals surface area (Å²) >= 11 is 0. The second-order valence-electron chi connectivity index (χ2n) is 2.83. The zero-order valence-corrected chi connectivity index (χ0v) is 8.58. The van der Waals surface area contributed by atoms with Gasteiger partial charge in [-0.05, 0) is 26.3 Å². The summed E-state index contributed by atoms with van der Waals surface area (Å²) < 4.78 is 4.59. The van der Waals surface area contributed by atoms with Gasteiger partial charge in [-0.2, -0.15) is 0 Å². The molecule has 0 bridgehead atoms. The predicted octanol–water partition coefficient (Wildman–Crippen LogP) is 0.253. The Balaban J connectivity index is 3.62. The third kappa shape index (κ3) is 5.45. The largest absolute Gasteiger partial charge is 0.468 e. The lowest BCUT2D eigenvalue weighted by Gasteiger charge is -2.12. The molecule has 0 saturated carbocycles. The van der Waals surface area contributed by atoms with Gasteiger partial charge in [0.05, 0.1) is 13.7 Å². The molecule has 80 valence electrons. The topological polar surface area (TPSA) is 67.8 Å². The van der Waals surface area contributed by atoms with Crippen LogP contribution in [0.1, 0.15) is 19.3 Å². The lowest BCUT2D eigenvalue weighted by atomic mass is 10.1. The second kappa shape index (κ2) is 8.41. The molecule has 0 aromatic rings. The van der Waals surface area contributed by atoms with Crippen LogP contribution in [0, 0.1) is 0 Å². The van der Waals surface area contributed by atoms with Gasteiger partial charge in [-0.3, -0.25) is 4.79 Å². The molecule has 0 aliphatic heterocycles. The Hall–Kier alpha value is -1.19. The monoisotopic (exact) mass is 200 g/mol. The molecule has 5 heteroatoms. The highest BCUT2D eigenvalue weighted by molar-refractivity contribution is 5.75. The van der Waals surface area contributed by atoms with Crippen LogP contribution >= 0.6 is 0 Å². The molecule has 0 aliphatic rings. The van der Waals surface area contributed by atoms with Gasteiger partial charge in [0, 0.05) is 0 Å². The first-order valence-electron chi connectivity index (χ1n) is 4.55. The van der Waals surface area contributed by atoms with Crippen molar-refractivity contribution in [1.29, 1.82) is 0 Å². The number of nitrogens with one attached hydrogen (secondary N) is 1. The first-order valence-corrected chi connectivity index (χ1v) is 4.55. The number of carbonyl (C=O) groups is 1. The molecule has 1 unspecified atom stereocenters. The summed E-state index contributed by atoms with van der Waals surface area (Å²) in [4.78, 5) is 24.2. The lowest BCUT2D eigenvalue weighted by Crippen LogP contribution is -2.34. The summed E-state index contributed by atoms with van der Waals surface area (Å²) in [6, 6.07) is -0.264. The van der Waals surface area contributed by atoms with Gasteiger partial charge in [-0.15, -0.1) is 0 Å². The zero-order chi connectivity index (χ0) is 10.8. The number of hydrogen-bond acceptors (Lipinski definition) is 5. The van der Waals surface area contributed by atoms with Crippen molar-refractivity contribution in [2.24, 2.45) is 4.99 Å². The van der Waals surface area contributed by atoms with Crippen molar-refractivity contribution in [3.8, 4) is 0 Å². The molecule has 0 spiro atoms. The number of nitrogens with zero attached hydrogens (tertiary/aromatic N) is 1. The fraction of sp³-hybridized carbons (Fsp3) is 0.778. The number of ether oxygens (including phenoxy) is 1. The van der Waals surface area contributed by atoms with Crippen molar-refractivity contribution < 1.29 is 14.3 Å². The van der Waals surface area contributed by atoms with Gasteiger partial charge in [-0.25, -0.2) is 9.79 Å². The van der Waals surface area contributed by atoms with Crippen LogP contribution < -0.4 is 5.32 Å². The average molecular weight is 200 g/mol. The van der Waals surface area contributed by atoms with E-state index in [1.807, 2.05) is 0 Å². The van der Waals surface area contributed by atoms with E-state index in [2.05, 4.69) is 15.0 Å². The highest BCUT2D eigenvalue weighted by Gasteiger charge is 2.15. The lowest BCUT2D eigenvalue weighted by molar-refractivity contribution is -0.143. The molecular formula is C9H16N2O3. The van der Waals surface area contributed by atoms with Gasteiger partial charge in [0.25, 0.3) is 0 Å². The van der Waals surface area contributed by atoms with Crippen molar-refractivity contribution in [3.05, 3.63) is 0 Å². The highest BCUT2D eigenvalue weighted by atomic mass is 16.5. The van der Waals surface area contributed by atoms with Gasteiger partial charge < -0.3 is 10.1 Å². The average Bonchev–Trinajstić information content (AvgIpc) is 2.22. The van der Waals surface area contributed by atoms with Crippen LogP contribution in [0.15, 0.2) is 4.99 Å². The number of aliphatic imine (C=N–C) groups is 1. The van der Waals surface area contributed by atoms with Crippen LogP contribution in [-0.4, -0.2) is 38.8 Å². The van der Waals surface area contributed by atoms with Gasteiger partial charge in [0.2, 0.25) is 6.08 Å². The Morgan fingerprint density at radius 1 is 1.57 bits per heavy atom. The molecule has 14 heavy (non-hydrogen) atoms. The third-order valence-electron chi connectivity index (χ3n) is 1.91. The summed E-state index contributed by atoms with van der Waals surface area (Å²) in [5.74, 6) is -0.258. The Morgan fingerprint density at radius 3 is 2.79 bits per heavy atom. The van der Waals surface area contributed by atoms with Crippen molar-refractivity contribution in [2.45, 2.75) is 25.3 Å². The number of methoxy groups -OCH3 is 1. The second-order valence-corrected chi connectivity index (χ2v) is 2.83. The quantitative estimate of drug-likeness (QED) is 0.277. The van der Waals surface area contributed by atoms with E-state index in [9.17, 15) is 9.59 Å². The summed E-state index contributed by atoms with van der Waals surface area (Å²) in [5, 5.41) is 2.86. The highest BCUT2D eigenvalue weighted by Crippen LogP contribution is 2.02. The van der Waals surface area contributed by atoms with Crippen LogP contribution in [0.25, 0.3) is 0 Å². The number of rotatable bonds is 7. The maximum Gasteiger partial charge on any atom is 0.322 e. The summed E-state index contributed by atoms with van der Waals surface area (Å²) in [6.07, 6.45) is 3.77. The van der Waals surface area contributed by atoms with E-state index in [0.717, 1.165) is 12.8 Å². The van der Waals surface area contributed by atoms with Crippen LogP contribution in [0.3, 0.4) is 0 Å². The van der Waals surface area contributed by atoms with Crippen molar-refractivity contribution in [1.82, 2.24) is 5.32 Å². The van der Waals surface area contributed by atoms with Gasteiger partial charge in [0.15, 0.2) is 0 Å². The van der Waals surface area contributed by atoms with Crippen molar-refractivity contribution >= 4 is 12.0 Å². The molecule has 1 atom stereocenters. The van der Waals surface area contributed by atoms with Gasteiger partial charge in [-0.1, -0.05) is 0 Å². The molecule has 0 radical (unpaired) electrons. The first kappa shape index (κ1) is 12.8. The SMILES string of the molecule is CNC(CCCCN=C=O)C(=O)OC. The predicted molar refractivity (Wildman–Crippen MR) is 51.7 cm³/mol. The minimum absolute atomic E-state index is 0.258. The number of hydrogen-bond donors (Lipinski definition) is 1. The molecule has 0 saturated heterocycles. The number of likely N-dealkylation sites (N-methyl/N-ethyl adjacent to an activating group) is 1.